The third-order valence-corrected chi connectivity index (χ3v) is 2.97. The molecular weight excluding hydrogens is 256 g/mol. The van der Waals surface area contributed by atoms with Crippen LogP contribution in [0.25, 0.3) is 10.9 Å². The maximum absolute atomic E-state index is 12.2. The molecule has 0 fully saturated rings. The topological polar surface area (TPSA) is 88.5 Å². The Kier molecular flexibility index (Phi) is 2.94. The van der Waals surface area contributed by atoms with Gasteiger partial charge in [0, 0.05) is 11.4 Å². The van der Waals surface area contributed by atoms with Crippen molar-refractivity contribution in [3.05, 3.63) is 36.2 Å². The zero-order valence-corrected chi connectivity index (χ0v) is 11.2. The number of aromatic nitrogens is 5. The molecule has 2 N–H and O–H groups in total. The molecule has 3 rings (SSSR count). The summed E-state index contributed by atoms with van der Waals surface area (Å²) in [6.07, 6.45) is 1.69. The lowest BCUT2D eigenvalue weighted by atomic mass is 10.2. The largest absolute Gasteiger partial charge is 0.302 e. The van der Waals surface area contributed by atoms with Gasteiger partial charge in [-0.05, 0) is 19.9 Å². The lowest BCUT2D eigenvalue weighted by Gasteiger charge is -2.01. The summed E-state index contributed by atoms with van der Waals surface area (Å²) in [7, 11) is 0. The van der Waals surface area contributed by atoms with Crippen LogP contribution in [0.3, 0.4) is 0 Å². The second-order valence-electron chi connectivity index (χ2n) is 4.75. The Labute approximate surface area is 115 Å². The van der Waals surface area contributed by atoms with Crippen molar-refractivity contribution in [2.45, 2.75) is 19.9 Å². The molecule has 0 saturated carbocycles. The van der Waals surface area contributed by atoms with Crippen LogP contribution in [0.15, 0.2) is 30.5 Å². The highest BCUT2D eigenvalue weighted by Gasteiger charge is 2.15. The molecule has 0 bridgehead atoms. The minimum Gasteiger partial charge on any atom is -0.302 e. The van der Waals surface area contributed by atoms with E-state index in [1.807, 2.05) is 38.1 Å². The van der Waals surface area contributed by atoms with E-state index < -0.39 is 0 Å². The zero-order chi connectivity index (χ0) is 14.1. The molecule has 102 valence electrons. The SMILES string of the molecule is CC(C)n1cc(NC(=O)c2n[nH]c3ccccc23)nn1. The van der Waals surface area contributed by atoms with Gasteiger partial charge in [-0.3, -0.25) is 9.89 Å². The highest BCUT2D eigenvalue weighted by Crippen LogP contribution is 2.16. The van der Waals surface area contributed by atoms with Crippen molar-refractivity contribution in [3.63, 3.8) is 0 Å². The van der Waals surface area contributed by atoms with E-state index in [1.54, 1.807) is 10.9 Å². The van der Waals surface area contributed by atoms with Gasteiger partial charge < -0.3 is 5.32 Å². The van der Waals surface area contributed by atoms with Crippen molar-refractivity contribution in [1.82, 2.24) is 25.2 Å². The number of H-pyrrole nitrogens is 1. The van der Waals surface area contributed by atoms with Gasteiger partial charge >= 0.3 is 0 Å². The fraction of sp³-hybridized carbons (Fsp3) is 0.231. The zero-order valence-electron chi connectivity index (χ0n) is 11.2. The number of hydrogen-bond acceptors (Lipinski definition) is 4. The summed E-state index contributed by atoms with van der Waals surface area (Å²) >= 11 is 0. The second kappa shape index (κ2) is 4.76. The highest BCUT2D eigenvalue weighted by molar-refractivity contribution is 6.10. The van der Waals surface area contributed by atoms with Crippen LogP contribution in [0, 0.1) is 0 Å². The number of nitrogens with zero attached hydrogens (tertiary/aromatic N) is 4. The Morgan fingerprint density at radius 3 is 2.90 bits per heavy atom. The fourth-order valence-corrected chi connectivity index (χ4v) is 1.90. The number of hydrogen-bond donors (Lipinski definition) is 2. The minimum absolute atomic E-state index is 0.194. The minimum atomic E-state index is -0.307. The average Bonchev–Trinajstić information content (AvgIpc) is 3.04. The first-order valence-corrected chi connectivity index (χ1v) is 6.31. The summed E-state index contributed by atoms with van der Waals surface area (Å²) < 4.78 is 1.68. The monoisotopic (exact) mass is 270 g/mol. The van der Waals surface area contributed by atoms with Gasteiger partial charge in [0.25, 0.3) is 5.91 Å². The number of carbonyl (C=O) groups is 1. The molecular formula is C13H14N6O. The summed E-state index contributed by atoms with van der Waals surface area (Å²) in [4.78, 5) is 12.2. The lowest BCUT2D eigenvalue weighted by molar-refractivity contribution is 0.102. The van der Waals surface area contributed by atoms with E-state index in [4.69, 9.17) is 0 Å². The predicted molar refractivity (Wildman–Crippen MR) is 74.5 cm³/mol. The number of aromatic amines is 1. The normalized spacial score (nSPS) is 11.2. The number of carbonyl (C=O) groups excluding carboxylic acids is 1. The van der Waals surface area contributed by atoms with Crippen molar-refractivity contribution in [1.29, 1.82) is 0 Å². The molecule has 1 aromatic carbocycles. The van der Waals surface area contributed by atoms with E-state index in [9.17, 15) is 4.79 Å². The molecule has 0 aliphatic carbocycles. The maximum Gasteiger partial charge on any atom is 0.278 e. The van der Waals surface area contributed by atoms with Crippen LogP contribution in [0.4, 0.5) is 5.82 Å². The number of fused-ring (bicyclic) bond motifs is 1. The number of para-hydroxylation sites is 1. The van der Waals surface area contributed by atoms with Crippen molar-refractivity contribution in [3.8, 4) is 0 Å². The molecule has 20 heavy (non-hydrogen) atoms. The number of amides is 1. The van der Waals surface area contributed by atoms with Gasteiger partial charge in [0.15, 0.2) is 11.5 Å². The fourth-order valence-electron chi connectivity index (χ4n) is 1.90. The predicted octanol–water partition coefficient (Wildman–Crippen LogP) is 1.99. The highest BCUT2D eigenvalue weighted by atomic mass is 16.2. The molecule has 0 aliphatic rings. The number of benzene rings is 1. The van der Waals surface area contributed by atoms with Gasteiger partial charge in [0.1, 0.15) is 0 Å². The van der Waals surface area contributed by atoms with Gasteiger partial charge in [-0.15, -0.1) is 5.10 Å². The Morgan fingerprint density at radius 2 is 2.15 bits per heavy atom. The van der Waals surface area contributed by atoms with Crippen LogP contribution < -0.4 is 5.32 Å². The van der Waals surface area contributed by atoms with E-state index in [-0.39, 0.29) is 11.9 Å². The molecule has 2 heterocycles. The van der Waals surface area contributed by atoms with E-state index in [0.717, 1.165) is 10.9 Å². The van der Waals surface area contributed by atoms with Crippen LogP contribution in [0.1, 0.15) is 30.4 Å². The van der Waals surface area contributed by atoms with Crippen LogP contribution >= 0.6 is 0 Å². The van der Waals surface area contributed by atoms with Crippen LogP contribution in [0.2, 0.25) is 0 Å². The van der Waals surface area contributed by atoms with E-state index >= 15 is 0 Å². The average molecular weight is 270 g/mol. The van der Waals surface area contributed by atoms with Gasteiger partial charge in [-0.25, -0.2) is 4.68 Å². The summed E-state index contributed by atoms with van der Waals surface area (Å²) in [5.74, 6) is 0.106. The molecule has 0 radical (unpaired) electrons. The van der Waals surface area contributed by atoms with Crippen molar-refractivity contribution >= 4 is 22.6 Å². The summed E-state index contributed by atoms with van der Waals surface area (Å²) in [5, 5.41) is 18.2. The molecule has 7 nitrogen and oxygen atoms in total. The molecule has 3 aromatic rings. The molecule has 2 aromatic heterocycles. The van der Waals surface area contributed by atoms with Gasteiger partial charge in [0.2, 0.25) is 0 Å². The molecule has 0 unspecified atom stereocenters. The van der Waals surface area contributed by atoms with Gasteiger partial charge in [0.05, 0.1) is 11.7 Å². The van der Waals surface area contributed by atoms with Crippen LogP contribution in [-0.2, 0) is 0 Å². The Bertz CT molecular complexity index is 757. The molecule has 0 spiro atoms. The van der Waals surface area contributed by atoms with E-state index in [2.05, 4.69) is 25.8 Å². The molecule has 0 atom stereocenters. The molecule has 0 aliphatic heterocycles. The third kappa shape index (κ3) is 2.13. The second-order valence-corrected chi connectivity index (χ2v) is 4.75. The molecule has 7 heteroatoms. The first-order valence-electron chi connectivity index (χ1n) is 6.31. The standard InChI is InChI=1S/C13H14N6O/c1-8(2)19-7-11(16-18-19)14-13(20)12-9-5-3-4-6-10(9)15-17-12/h3-8H,1-2H3,(H,14,20)(H,15,17). The maximum atomic E-state index is 12.2. The first kappa shape index (κ1) is 12.3. The lowest BCUT2D eigenvalue weighted by Crippen LogP contribution is -2.13. The Hall–Kier alpha value is -2.70. The Balaban J connectivity index is 1.85. The first-order chi connectivity index (χ1) is 9.65. The van der Waals surface area contributed by atoms with Gasteiger partial charge in [-0.2, -0.15) is 5.10 Å². The molecule has 0 saturated heterocycles. The van der Waals surface area contributed by atoms with Crippen molar-refractivity contribution in [2.75, 3.05) is 5.32 Å². The van der Waals surface area contributed by atoms with E-state index in [0.29, 0.717) is 11.5 Å². The van der Waals surface area contributed by atoms with Crippen molar-refractivity contribution in [2.24, 2.45) is 0 Å². The number of rotatable bonds is 3. The van der Waals surface area contributed by atoms with E-state index in [1.165, 1.54) is 0 Å². The summed E-state index contributed by atoms with van der Waals surface area (Å²) in [6, 6.07) is 7.66. The van der Waals surface area contributed by atoms with Crippen LogP contribution in [0.5, 0.6) is 0 Å². The third-order valence-electron chi connectivity index (χ3n) is 2.97. The quantitative estimate of drug-likeness (QED) is 0.761. The number of anilines is 1. The number of nitrogens with one attached hydrogen (secondary N) is 2. The van der Waals surface area contributed by atoms with Crippen LogP contribution in [-0.4, -0.2) is 31.1 Å². The summed E-state index contributed by atoms with van der Waals surface area (Å²) in [5.41, 5.74) is 1.17. The molecule has 1 amide bonds. The summed E-state index contributed by atoms with van der Waals surface area (Å²) in [6.45, 7) is 3.98. The Morgan fingerprint density at radius 1 is 1.35 bits per heavy atom. The smallest absolute Gasteiger partial charge is 0.278 e. The van der Waals surface area contributed by atoms with Gasteiger partial charge in [-0.1, -0.05) is 23.4 Å². The van der Waals surface area contributed by atoms with Crippen molar-refractivity contribution < 1.29 is 4.79 Å².